The lowest BCUT2D eigenvalue weighted by molar-refractivity contribution is -0.140. The van der Waals surface area contributed by atoms with E-state index in [1.807, 2.05) is 6.92 Å². The average molecular weight is 493 g/mol. The number of likely N-dealkylation sites (tertiary alicyclic amines) is 1. The predicted molar refractivity (Wildman–Crippen MR) is 133 cm³/mol. The van der Waals surface area contributed by atoms with Gasteiger partial charge in [0.25, 0.3) is 0 Å². The first-order valence-electron chi connectivity index (χ1n) is 13.1. The molecule has 0 aromatic rings. The van der Waals surface area contributed by atoms with Crippen LogP contribution in [-0.4, -0.2) is 64.5 Å². The number of carbonyl (C=O) groups is 5. The van der Waals surface area contributed by atoms with Gasteiger partial charge in [-0.25, -0.2) is 0 Å². The third kappa shape index (κ3) is 8.32. The van der Waals surface area contributed by atoms with Crippen molar-refractivity contribution in [3.05, 3.63) is 0 Å². The van der Waals surface area contributed by atoms with E-state index in [9.17, 15) is 24.0 Å². The molecule has 2 rings (SSSR count). The second-order valence-electron chi connectivity index (χ2n) is 11.2. The second-order valence-corrected chi connectivity index (χ2v) is 11.2. The standard InChI is InChI=1S/C26H44N4O5/c1-6-11-21(32)30-15-10-14-20(30)23(34)27-19(16-18-12-8-7-9-13-18)22(33)28-26(4,5)24(35)29-25(2,3)17-31/h17-20H,6-16H2,1-5H3,(H,27,34)(H,28,33)(H,29,35). The van der Waals surface area contributed by atoms with Crippen molar-refractivity contribution >= 4 is 29.9 Å². The molecule has 0 aromatic carbocycles. The quantitative estimate of drug-likeness (QED) is 0.382. The van der Waals surface area contributed by atoms with Gasteiger partial charge < -0.3 is 25.6 Å². The molecule has 1 heterocycles. The maximum absolute atomic E-state index is 13.4. The summed E-state index contributed by atoms with van der Waals surface area (Å²) in [5, 5.41) is 8.34. The van der Waals surface area contributed by atoms with E-state index in [-0.39, 0.29) is 11.8 Å². The summed E-state index contributed by atoms with van der Waals surface area (Å²) in [6.07, 6.45) is 8.96. The molecule has 1 aliphatic heterocycles. The van der Waals surface area contributed by atoms with E-state index in [1.54, 1.807) is 32.6 Å². The Hall–Kier alpha value is -2.45. The molecule has 2 aliphatic rings. The highest BCUT2D eigenvalue weighted by molar-refractivity contribution is 5.96. The molecule has 4 amide bonds. The van der Waals surface area contributed by atoms with Crippen LogP contribution in [0.2, 0.25) is 0 Å². The molecule has 1 saturated carbocycles. The highest BCUT2D eigenvalue weighted by Gasteiger charge is 2.39. The first-order valence-corrected chi connectivity index (χ1v) is 13.1. The van der Waals surface area contributed by atoms with Crippen LogP contribution in [0, 0.1) is 5.92 Å². The largest absolute Gasteiger partial charge is 0.343 e. The Balaban J connectivity index is 2.14. The Kier molecular flexibility index (Phi) is 10.3. The first kappa shape index (κ1) is 28.8. The van der Waals surface area contributed by atoms with Gasteiger partial charge in [-0.15, -0.1) is 0 Å². The van der Waals surface area contributed by atoms with Gasteiger partial charge >= 0.3 is 0 Å². The number of amides is 4. The smallest absolute Gasteiger partial charge is 0.245 e. The fourth-order valence-electron chi connectivity index (χ4n) is 4.88. The molecule has 0 aromatic heterocycles. The monoisotopic (exact) mass is 492 g/mol. The normalized spacial score (nSPS) is 20.1. The summed E-state index contributed by atoms with van der Waals surface area (Å²) in [4.78, 5) is 64.8. The van der Waals surface area contributed by atoms with Crippen molar-refractivity contribution in [3.8, 4) is 0 Å². The van der Waals surface area contributed by atoms with Crippen LogP contribution < -0.4 is 16.0 Å². The van der Waals surface area contributed by atoms with Gasteiger partial charge in [-0.2, -0.15) is 0 Å². The molecule has 0 spiro atoms. The summed E-state index contributed by atoms with van der Waals surface area (Å²) in [5.41, 5.74) is -2.35. The van der Waals surface area contributed by atoms with Gasteiger partial charge in [0.05, 0.1) is 5.54 Å². The number of rotatable bonds is 11. The number of carbonyl (C=O) groups excluding carboxylic acids is 5. The van der Waals surface area contributed by atoms with E-state index >= 15 is 0 Å². The molecule has 1 saturated heterocycles. The Bertz CT molecular complexity index is 789. The summed E-state index contributed by atoms with van der Waals surface area (Å²) < 4.78 is 0. The lowest BCUT2D eigenvalue weighted by Crippen LogP contribution is -2.62. The minimum atomic E-state index is -1.29. The molecule has 0 bridgehead atoms. The van der Waals surface area contributed by atoms with Crippen molar-refractivity contribution in [2.45, 2.75) is 122 Å². The third-order valence-corrected chi connectivity index (χ3v) is 7.00. The number of nitrogens with one attached hydrogen (secondary N) is 3. The molecule has 2 unspecified atom stereocenters. The zero-order chi connectivity index (χ0) is 26.2. The molecule has 1 aliphatic carbocycles. The first-order chi connectivity index (χ1) is 16.4. The SMILES string of the molecule is CCCC(=O)N1CCCC1C(=O)NC(CC1CCCCC1)C(=O)NC(C)(C)C(=O)NC(C)(C)C=O. The van der Waals surface area contributed by atoms with Crippen molar-refractivity contribution in [2.24, 2.45) is 5.92 Å². The van der Waals surface area contributed by atoms with Crippen molar-refractivity contribution in [3.63, 3.8) is 0 Å². The molecule has 2 fully saturated rings. The Morgan fingerprint density at radius 1 is 0.971 bits per heavy atom. The Labute approximate surface area is 209 Å². The molecule has 2 atom stereocenters. The topological polar surface area (TPSA) is 125 Å². The van der Waals surface area contributed by atoms with Gasteiger partial charge in [0, 0.05) is 13.0 Å². The van der Waals surface area contributed by atoms with E-state index in [0.717, 1.165) is 32.1 Å². The van der Waals surface area contributed by atoms with Crippen LogP contribution in [0.25, 0.3) is 0 Å². The van der Waals surface area contributed by atoms with Gasteiger partial charge in [0.2, 0.25) is 23.6 Å². The zero-order valence-electron chi connectivity index (χ0n) is 22.1. The third-order valence-electron chi connectivity index (χ3n) is 7.00. The Morgan fingerprint density at radius 3 is 2.23 bits per heavy atom. The van der Waals surface area contributed by atoms with Crippen molar-refractivity contribution in [2.75, 3.05) is 6.54 Å². The molecular formula is C26H44N4O5. The molecule has 9 nitrogen and oxygen atoms in total. The highest BCUT2D eigenvalue weighted by atomic mass is 16.2. The van der Waals surface area contributed by atoms with Gasteiger partial charge in [-0.3, -0.25) is 19.2 Å². The minimum absolute atomic E-state index is 0.0333. The lowest BCUT2D eigenvalue weighted by atomic mass is 9.84. The lowest BCUT2D eigenvalue weighted by Gasteiger charge is -2.33. The van der Waals surface area contributed by atoms with Gasteiger partial charge in [0.15, 0.2) is 0 Å². The maximum Gasteiger partial charge on any atom is 0.245 e. The highest BCUT2D eigenvalue weighted by Crippen LogP contribution is 2.28. The van der Waals surface area contributed by atoms with Crippen LogP contribution in [0.4, 0.5) is 0 Å². The second kappa shape index (κ2) is 12.5. The van der Waals surface area contributed by atoms with Crippen LogP contribution in [0.3, 0.4) is 0 Å². The number of aldehydes is 1. The van der Waals surface area contributed by atoms with E-state index in [1.165, 1.54) is 6.42 Å². The summed E-state index contributed by atoms with van der Waals surface area (Å²) in [6.45, 7) is 8.79. The summed E-state index contributed by atoms with van der Waals surface area (Å²) in [7, 11) is 0. The fourth-order valence-corrected chi connectivity index (χ4v) is 4.88. The molecule has 0 radical (unpaired) electrons. The number of hydrogen-bond acceptors (Lipinski definition) is 5. The van der Waals surface area contributed by atoms with Crippen LogP contribution in [0.1, 0.15) is 98.8 Å². The van der Waals surface area contributed by atoms with Crippen molar-refractivity contribution < 1.29 is 24.0 Å². The molecule has 35 heavy (non-hydrogen) atoms. The predicted octanol–water partition coefficient (Wildman–Crippen LogP) is 2.22. The molecule has 198 valence electrons. The van der Waals surface area contributed by atoms with Gasteiger partial charge in [-0.1, -0.05) is 39.0 Å². The number of nitrogens with zero attached hydrogens (tertiary/aromatic N) is 1. The fraction of sp³-hybridized carbons (Fsp3) is 0.808. The van der Waals surface area contributed by atoms with Gasteiger partial charge in [0.1, 0.15) is 23.9 Å². The van der Waals surface area contributed by atoms with Crippen molar-refractivity contribution in [1.82, 2.24) is 20.9 Å². The van der Waals surface area contributed by atoms with Crippen LogP contribution in [0.5, 0.6) is 0 Å². The van der Waals surface area contributed by atoms with Crippen LogP contribution in [0.15, 0.2) is 0 Å². The van der Waals surface area contributed by atoms with E-state index < -0.39 is 35.0 Å². The van der Waals surface area contributed by atoms with E-state index in [2.05, 4.69) is 16.0 Å². The van der Waals surface area contributed by atoms with E-state index in [4.69, 9.17) is 0 Å². The zero-order valence-corrected chi connectivity index (χ0v) is 22.1. The van der Waals surface area contributed by atoms with Crippen LogP contribution >= 0.6 is 0 Å². The van der Waals surface area contributed by atoms with Gasteiger partial charge in [-0.05, 0) is 59.3 Å². The molecule has 3 N–H and O–H groups in total. The summed E-state index contributed by atoms with van der Waals surface area (Å²) in [5.74, 6) is -0.955. The number of hydrogen-bond donors (Lipinski definition) is 3. The average Bonchev–Trinajstić information content (AvgIpc) is 3.29. The molecular weight excluding hydrogens is 448 g/mol. The minimum Gasteiger partial charge on any atom is -0.343 e. The van der Waals surface area contributed by atoms with Crippen molar-refractivity contribution in [1.29, 1.82) is 0 Å². The summed E-state index contributed by atoms with van der Waals surface area (Å²) in [6, 6.07) is -1.37. The summed E-state index contributed by atoms with van der Waals surface area (Å²) >= 11 is 0. The van der Waals surface area contributed by atoms with Crippen LogP contribution in [-0.2, 0) is 24.0 Å². The van der Waals surface area contributed by atoms with E-state index in [0.29, 0.717) is 44.4 Å². The Morgan fingerprint density at radius 2 is 1.63 bits per heavy atom. The molecule has 9 heteroatoms. The maximum atomic E-state index is 13.4.